The predicted molar refractivity (Wildman–Crippen MR) is 83.8 cm³/mol. The van der Waals surface area contributed by atoms with Crippen LogP contribution in [0.15, 0.2) is 0 Å². The fraction of sp³-hybridized carbons (Fsp3) is 0.571. The summed E-state index contributed by atoms with van der Waals surface area (Å²) in [7, 11) is 1.35. The average Bonchev–Trinajstić information content (AvgIpc) is 2.61. The maximum absolute atomic E-state index is 12.2. The topological polar surface area (TPSA) is 68.4 Å². The van der Waals surface area contributed by atoms with Gasteiger partial charge >= 0.3 is 11.9 Å². The van der Waals surface area contributed by atoms with E-state index < -0.39 is 11.6 Å². The molecule has 1 rings (SSSR count). The zero-order chi connectivity index (χ0) is 15.5. The molecule has 0 aliphatic rings. The third-order valence-corrected chi connectivity index (χ3v) is 3.81. The second kappa shape index (κ2) is 6.60. The van der Waals surface area contributed by atoms with Gasteiger partial charge in [-0.2, -0.15) is 0 Å². The molecule has 5 nitrogen and oxygen atoms in total. The van der Waals surface area contributed by atoms with E-state index in [0.717, 1.165) is 14.8 Å². The Morgan fingerprint density at radius 3 is 2.40 bits per heavy atom. The van der Waals surface area contributed by atoms with Crippen LogP contribution in [-0.2, 0) is 20.7 Å². The third-order valence-electron chi connectivity index (χ3n) is 2.73. The van der Waals surface area contributed by atoms with Gasteiger partial charge in [0.25, 0.3) is 0 Å². The van der Waals surface area contributed by atoms with E-state index in [1.807, 2.05) is 27.7 Å². The van der Waals surface area contributed by atoms with Crippen LogP contribution in [0.4, 0.5) is 0 Å². The van der Waals surface area contributed by atoms with Crippen molar-refractivity contribution in [3.05, 3.63) is 20.5 Å². The maximum atomic E-state index is 12.2. The van der Waals surface area contributed by atoms with Crippen molar-refractivity contribution in [3.63, 3.8) is 0 Å². The summed E-state index contributed by atoms with van der Waals surface area (Å²) in [5.74, 6) is -0.695. The van der Waals surface area contributed by atoms with E-state index in [0.29, 0.717) is 12.1 Å². The summed E-state index contributed by atoms with van der Waals surface area (Å²) in [6.07, 6.45) is 0.688. The lowest BCUT2D eigenvalue weighted by Crippen LogP contribution is -2.24. The number of esters is 2. The van der Waals surface area contributed by atoms with Gasteiger partial charge in [-0.1, -0.05) is 0 Å². The van der Waals surface area contributed by atoms with Crippen LogP contribution in [0.25, 0.3) is 0 Å². The lowest BCUT2D eigenvalue weighted by Gasteiger charge is -2.19. The molecule has 0 saturated carbocycles. The molecule has 112 valence electrons. The highest BCUT2D eigenvalue weighted by Crippen LogP contribution is 2.24. The first-order chi connectivity index (χ1) is 9.15. The number of nitrogens with one attached hydrogen (secondary N) is 1. The standard InChI is InChI=1S/C14H20INO4/c1-8-9(6-7-10(17)19-5)11(16-12(8)15)13(18)20-14(2,3)4/h16H,6-7H2,1-5H3. The van der Waals surface area contributed by atoms with E-state index in [1.165, 1.54) is 7.11 Å². The van der Waals surface area contributed by atoms with E-state index in [2.05, 4.69) is 32.3 Å². The highest BCUT2D eigenvalue weighted by Gasteiger charge is 2.24. The molecule has 0 amide bonds. The third kappa shape index (κ3) is 4.50. The van der Waals surface area contributed by atoms with Gasteiger partial charge < -0.3 is 14.5 Å². The van der Waals surface area contributed by atoms with Crippen molar-refractivity contribution in [2.45, 2.75) is 46.1 Å². The number of carbonyl (C=O) groups excluding carboxylic acids is 2. The van der Waals surface area contributed by atoms with Crippen LogP contribution in [0.1, 0.15) is 48.8 Å². The molecular weight excluding hydrogens is 373 g/mol. The molecule has 0 aliphatic carbocycles. The van der Waals surface area contributed by atoms with Crippen molar-refractivity contribution in [2.24, 2.45) is 0 Å². The summed E-state index contributed by atoms with van der Waals surface area (Å²) < 4.78 is 10.9. The number of hydrogen-bond donors (Lipinski definition) is 1. The van der Waals surface area contributed by atoms with Gasteiger partial charge in [-0.25, -0.2) is 4.79 Å². The molecule has 6 heteroatoms. The number of hydrogen-bond acceptors (Lipinski definition) is 4. The summed E-state index contributed by atoms with van der Waals surface area (Å²) in [5.41, 5.74) is 1.65. The smallest absolute Gasteiger partial charge is 0.355 e. The van der Waals surface area contributed by atoms with Crippen molar-refractivity contribution < 1.29 is 19.1 Å². The molecule has 0 saturated heterocycles. The monoisotopic (exact) mass is 393 g/mol. The Kier molecular flexibility index (Phi) is 5.61. The number of halogens is 1. The van der Waals surface area contributed by atoms with Crippen molar-refractivity contribution in [3.8, 4) is 0 Å². The molecule has 1 heterocycles. The lowest BCUT2D eigenvalue weighted by atomic mass is 10.1. The molecule has 0 aliphatic heterocycles. The van der Waals surface area contributed by atoms with Crippen LogP contribution < -0.4 is 0 Å². The molecule has 1 N–H and O–H groups in total. The zero-order valence-electron chi connectivity index (χ0n) is 12.4. The minimum absolute atomic E-state index is 0.237. The first-order valence-electron chi connectivity index (χ1n) is 6.32. The van der Waals surface area contributed by atoms with Gasteiger partial charge in [-0.3, -0.25) is 4.79 Å². The van der Waals surface area contributed by atoms with Crippen molar-refractivity contribution >= 4 is 34.5 Å². The number of aromatic nitrogens is 1. The minimum Gasteiger partial charge on any atom is -0.469 e. The Balaban J connectivity index is 2.99. The number of ether oxygens (including phenoxy) is 2. The molecule has 0 atom stereocenters. The van der Waals surface area contributed by atoms with Crippen LogP contribution in [0, 0.1) is 10.6 Å². The Morgan fingerprint density at radius 1 is 1.30 bits per heavy atom. The second-order valence-electron chi connectivity index (χ2n) is 5.50. The summed E-state index contributed by atoms with van der Waals surface area (Å²) in [6.45, 7) is 7.37. The van der Waals surface area contributed by atoms with Crippen LogP contribution in [0.5, 0.6) is 0 Å². The Morgan fingerprint density at radius 2 is 1.90 bits per heavy atom. The Hall–Kier alpha value is -1.05. The number of H-pyrrole nitrogens is 1. The van der Waals surface area contributed by atoms with E-state index in [9.17, 15) is 9.59 Å². The molecule has 0 unspecified atom stereocenters. The maximum Gasteiger partial charge on any atom is 0.355 e. The first-order valence-corrected chi connectivity index (χ1v) is 7.40. The molecule has 1 aromatic heterocycles. The molecule has 0 aromatic carbocycles. The Labute approximate surface area is 132 Å². The van der Waals surface area contributed by atoms with Crippen LogP contribution in [0.3, 0.4) is 0 Å². The van der Waals surface area contributed by atoms with Crippen LogP contribution in [0.2, 0.25) is 0 Å². The minimum atomic E-state index is -0.554. The van der Waals surface area contributed by atoms with Gasteiger partial charge in [0, 0.05) is 6.42 Å². The zero-order valence-corrected chi connectivity index (χ0v) is 14.6. The Bertz CT molecular complexity index is 514. The number of methoxy groups -OCH3 is 1. The van der Waals surface area contributed by atoms with Gasteiger partial charge in [0.15, 0.2) is 0 Å². The molecular formula is C14H20INO4. The summed E-state index contributed by atoms with van der Waals surface area (Å²) in [6, 6.07) is 0. The highest BCUT2D eigenvalue weighted by molar-refractivity contribution is 14.1. The van der Waals surface area contributed by atoms with Gasteiger partial charge in [0.2, 0.25) is 0 Å². The largest absolute Gasteiger partial charge is 0.469 e. The van der Waals surface area contributed by atoms with Crippen LogP contribution >= 0.6 is 22.6 Å². The molecule has 1 aromatic rings. The number of rotatable bonds is 4. The fourth-order valence-electron chi connectivity index (χ4n) is 1.74. The normalized spacial score (nSPS) is 11.3. The lowest BCUT2D eigenvalue weighted by molar-refractivity contribution is -0.140. The molecule has 0 radical (unpaired) electrons. The second-order valence-corrected chi connectivity index (χ2v) is 6.57. The predicted octanol–water partition coefficient (Wildman–Crippen LogP) is 2.99. The van der Waals surface area contributed by atoms with Crippen molar-refractivity contribution in [2.75, 3.05) is 7.11 Å². The molecule has 20 heavy (non-hydrogen) atoms. The van der Waals surface area contributed by atoms with E-state index >= 15 is 0 Å². The van der Waals surface area contributed by atoms with Crippen molar-refractivity contribution in [1.82, 2.24) is 4.98 Å². The fourth-order valence-corrected chi connectivity index (χ4v) is 2.34. The van der Waals surface area contributed by atoms with E-state index in [1.54, 1.807) is 0 Å². The van der Waals surface area contributed by atoms with Crippen molar-refractivity contribution in [1.29, 1.82) is 0 Å². The van der Waals surface area contributed by atoms with Crippen LogP contribution in [-0.4, -0.2) is 29.6 Å². The number of carbonyl (C=O) groups is 2. The van der Waals surface area contributed by atoms with Gasteiger partial charge in [-0.15, -0.1) is 0 Å². The highest BCUT2D eigenvalue weighted by atomic mass is 127. The molecule has 0 bridgehead atoms. The molecule has 0 fully saturated rings. The quantitative estimate of drug-likeness (QED) is 0.631. The first kappa shape index (κ1) is 17.0. The average molecular weight is 393 g/mol. The van der Waals surface area contributed by atoms with E-state index in [4.69, 9.17) is 4.74 Å². The number of aromatic amines is 1. The molecule has 0 spiro atoms. The van der Waals surface area contributed by atoms with Gasteiger partial charge in [0.05, 0.1) is 10.8 Å². The SMILES string of the molecule is COC(=O)CCc1c(C(=O)OC(C)(C)C)[nH]c(I)c1C. The summed E-state index contributed by atoms with van der Waals surface area (Å²) in [5, 5.41) is 0. The van der Waals surface area contributed by atoms with Gasteiger partial charge in [0.1, 0.15) is 11.3 Å². The summed E-state index contributed by atoms with van der Waals surface area (Å²) >= 11 is 2.13. The summed E-state index contributed by atoms with van der Waals surface area (Å²) in [4.78, 5) is 26.5. The van der Waals surface area contributed by atoms with E-state index in [-0.39, 0.29) is 12.4 Å². The van der Waals surface area contributed by atoms with Gasteiger partial charge in [-0.05, 0) is 67.8 Å².